The zero-order valence-corrected chi connectivity index (χ0v) is 10.7. The molecule has 18 heavy (non-hydrogen) atoms. The zero-order valence-electron chi connectivity index (χ0n) is 9.11. The topological polar surface area (TPSA) is 54.4 Å². The van der Waals surface area contributed by atoms with Crippen molar-refractivity contribution in [3.8, 4) is 5.75 Å². The molecule has 0 aliphatic heterocycles. The number of carbonyl (C=O) groups is 2. The number of hydrogen-bond donors (Lipinski definition) is 1. The monoisotopic (exact) mass is 302 g/mol. The van der Waals surface area contributed by atoms with Crippen LogP contribution in [0.2, 0.25) is 0 Å². The van der Waals surface area contributed by atoms with Crippen molar-refractivity contribution < 1.29 is 14.7 Å². The van der Waals surface area contributed by atoms with Gasteiger partial charge in [0.1, 0.15) is 5.75 Å². The first-order chi connectivity index (χ1) is 8.59. The molecule has 0 heterocycles. The number of halogens is 1. The highest BCUT2D eigenvalue weighted by Crippen LogP contribution is 2.33. The van der Waals surface area contributed by atoms with Gasteiger partial charge in [0.05, 0.1) is 5.56 Å². The van der Waals surface area contributed by atoms with Crippen molar-refractivity contribution in [3.05, 3.63) is 63.1 Å². The van der Waals surface area contributed by atoms with Crippen LogP contribution in [-0.4, -0.2) is 16.7 Å². The average Bonchev–Trinajstić information content (AvgIpc) is 2.35. The predicted molar refractivity (Wildman–Crippen MR) is 69.1 cm³/mol. The molecule has 0 amide bonds. The smallest absolute Gasteiger partial charge is 0.198 e. The first-order valence-corrected chi connectivity index (χ1v) is 6.10. The second-order valence-corrected chi connectivity index (χ2v) is 4.96. The van der Waals surface area contributed by atoms with E-state index in [0.29, 0.717) is 11.1 Å². The predicted octanol–water partition coefficient (Wildman–Crippen LogP) is 2.93. The van der Waals surface area contributed by atoms with Crippen LogP contribution in [0.4, 0.5) is 0 Å². The van der Waals surface area contributed by atoms with E-state index in [0.717, 1.165) is 4.47 Å². The molecule has 4 heteroatoms. The number of fused-ring (bicyclic) bond motifs is 2. The van der Waals surface area contributed by atoms with Crippen LogP contribution < -0.4 is 0 Å². The summed E-state index contributed by atoms with van der Waals surface area (Å²) >= 11 is 3.28. The van der Waals surface area contributed by atoms with Gasteiger partial charge in [-0.05, 0) is 24.3 Å². The summed E-state index contributed by atoms with van der Waals surface area (Å²) in [6, 6.07) is 9.45. The van der Waals surface area contributed by atoms with Crippen LogP contribution in [0.3, 0.4) is 0 Å². The van der Waals surface area contributed by atoms with E-state index in [2.05, 4.69) is 15.9 Å². The van der Waals surface area contributed by atoms with Crippen molar-refractivity contribution in [2.75, 3.05) is 0 Å². The van der Waals surface area contributed by atoms with Gasteiger partial charge in [-0.25, -0.2) is 0 Å². The van der Waals surface area contributed by atoms with Crippen LogP contribution in [0.25, 0.3) is 0 Å². The number of carbonyl (C=O) groups excluding carboxylic acids is 2. The van der Waals surface area contributed by atoms with Crippen molar-refractivity contribution in [3.63, 3.8) is 0 Å². The molecule has 1 aliphatic rings. The molecule has 0 aromatic heterocycles. The lowest BCUT2D eigenvalue weighted by Gasteiger charge is -2.18. The van der Waals surface area contributed by atoms with E-state index < -0.39 is 0 Å². The summed E-state index contributed by atoms with van der Waals surface area (Å²) in [5, 5.41) is 9.74. The number of aromatic hydroxyl groups is 1. The van der Waals surface area contributed by atoms with Gasteiger partial charge in [0.25, 0.3) is 0 Å². The van der Waals surface area contributed by atoms with Crippen molar-refractivity contribution in [1.82, 2.24) is 0 Å². The highest BCUT2D eigenvalue weighted by atomic mass is 79.9. The van der Waals surface area contributed by atoms with Crippen molar-refractivity contribution >= 4 is 27.5 Å². The maximum Gasteiger partial charge on any atom is 0.198 e. The van der Waals surface area contributed by atoms with E-state index in [1.807, 2.05) is 0 Å². The normalized spacial score (nSPS) is 13.2. The minimum atomic E-state index is -0.315. The van der Waals surface area contributed by atoms with E-state index in [1.165, 1.54) is 6.07 Å². The maximum atomic E-state index is 12.3. The Morgan fingerprint density at radius 2 is 1.67 bits per heavy atom. The Labute approximate surface area is 111 Å². The third kappa shape index (κ3) is 1.42. The summed E-state index contributed by atoms with van der Waals surface area (Å²) in [6.45, 7) is 0. The minimum Gasteiger partial charge on any atom is -0.507 e. The number of hydrogen-bond acceptors (Lipinski definition) is 3. The molecule has 0 atom stereocenters. The van der Waals surface area contributed by atoms with E-state index in [4.69, 9.17) is 0 Å². The van der Waals surface area contributed by atoms with Gasteiger partial charge >= 0.3 is 0 Å². The molecular weight excluding hydrogens is 296 g/mol. The lowest BCUT2D eigenvalue weighted by Crippen LogP contribution is -2.20. The highest BCUT2D eigenvalue weighted by Gasteiger charge is 2.31. The summed E-state index contributed by atoms with van der Waals surface area (Å²) < 4.78 is 0.742. The van der Waals surface area contributed by atoms with E-state index in [-0.39, 0.29) is 28.4 Å². The van der Waals surface area contributed by atoms with E-state index in [9.17, 15) is 14.7 Å². The molecule has 1 aliphatic carbocycles. The van der Waals surface area contributed by atoms with Crippen LogP contribution in [-0.2, 0) is 0 Å². The molecule has 3 rings (SSSR count). The largest absolute Gasteiger partial charge is 0.507 e. The standard InChI is InChI=1S/C14H7BrO3/c15-7-4-5-8-10(6-7)13(17)9-2-1-3-11(16)12(9)14(8)18/h1-6,16H. The van der Waals surface area contributed by atoms with Gasteiger partial charge in [0.2, 0.25) is 0 Å². The van der Waals surface area contributed by atoms with Crippen LogP contribution >= 0.6 is 15.9 Å². The molecule has 0 saturated carbocycles. The second kappa shape index (κ2) is 3.78. The lowest BCUT2D eigenvalue weighted by atomic mass is 9.84. The number of ketones is 2. The van der Waals surface area contributed by atoms with Crippen LogP contribution in [0.1, 0.15) is 31.8 Å². The number of benzene rings is 2. The van der Waals surface area contributed by atoms with Crippen molar-refractivity contribution in [2.24, 2.45) is 0 Å². The Balaban J connectivity index is 2.35. The second-order valence-electron chi connectivity index (χ2n) is 4.05. The third-order valence-corrected chi connectivity index (χ3v) is 3.48. The Kier molecular flexibility index (Phi) is 2.35. The van der Waals surface area contributed by atoms with E-state index in [1.54, 1.807) is 30.3 Å². The van der Waals surface area contributed by atoms with Crippen molar-refractivity contribution in [2.45, 2.75) is 0 Å². The molecule has 88 valence electrons. The summed E-state index contributed by atoms with van der Waals surface area (Å²) in [4.78, 5) is 24.5. The molecule has 0 unspecified atom stereocenters. The maximum absolute atomic E-state index is 12.3. The summed E-state index contributed by atoms with van der Waals surface area (Å²) in [5.74, 6) is -0.707. The van der Waals surface area contributed by atoms with Crippen LogP contribution in [0.15, 0.2) is 40.9 Å². The Morgan fingerprint density at radius 3 is 2.44 bits per heavy atom. The fraction of sp³-hybridized carbons (Fsp3) is 0. The summed E-state index contributed by atoms with van der Waals surface area (Å²) in [7, 11) is 0. The quantitative estimate of drug-likeness (QED) is 0.694. The molecule has 3 nitrogen and oxygen atoms in total. The molecule has 2 aromatic carbocycles. The molecule has 1 N–H and O–H groups in total. The Morgan fingerprint density at radius 1 is 0.889 bits per heavy atom. The molecule has 0 radical (unpaired) electrons. The zero-order chi connectivity index (χ0) is 12.9. The molecule has 0 fully saturated rings. The average molecular weight is 303 g/mol. The van der Waals surface area contributed by atoms with Crippen LogP contribution in [0.5, 0.6) is 5.75 Å². The minimum absolute atomic E-state index is 0.0947. The Bertz CT molecular complexity index is 700. The molecule has 0 saturated heterocycles. The molecular formula is C14H7BrO3. The number of phenols is 1. The van der Waals surface area contributed by atoms with Gasteiger partial charge in [-0.2, -0.15) is 0 Å². The van der Waals surface area contributed by atoms with Gasteiger partial charge in [0, 0.05) is 21.2 Å². The fourth-order valence-electron chi connectivity index (χ4n) is 2.15. The first kappa shape index (κ1) is 11.2. The number of rotatable bonds is 0. The van der Waals surface area contributed by atoms with Gasteiger partial charge < -0.3 is 5.11 Å². The van der Waals surface area contributed by atoms with E-state index >= 15 is 0 Å². The SMILES string of the molecule is O=C1c2cc(Br)ccc2C(=O)c2c(O)cccc21. The van der Waals surface area contributed by atoms with Crippen LogP contribution in [0, 0.1) is 0 Å². The molecule has 2 aromatic rings. The fourth-order valence-corrected chi connectivity index (χ4v) is 2.51. The summed E-state index contributed by atoms with van der Waals surface area (Å²) in [5.41, 5.74) is 1.05. The molecule has 0 bridgehead atoms. The van der Waals surface area contributed by atoms with Gasteiger partial charge in [-0.15, -0.1) is 0 Å². The highest BCUT2D eigenvalue weighted by molar-refractivity contribution is 9.10. The van der Waals surface area contributed by atoms with Crippen molar-refractivity contribution in [1.29, 1.82) is 0 Å². The van der Waals surface area contributed by atoms with Gasteiger partial charge in [0.15, 0.2) is 11.6 Å². The first-order valence-electron chi connectivity index (χ1n) is 5.30. The lowest BCUT2D eigenvalue weighted by molar-refractivity contribution is 0.0976. The third-order valence-electron chi connectivity index (χ3n) is 2.99. The molecule has 0 spiro atoms. The van der Waals surface area contributed by atoms with Gasteiger partial charge in [-0.3, -0.25) is 9.59 Å². The summed E-state index contributed by atoms with van der Waals surface area (Å²) in [6.07, 6.45) is 0. The number of phenolic OH excluding ortho intramolecular Hbond substituents is 1. The van der Waals surface area contributed by atoms with Gasteiger partial charge in [-0.1, -0.05) is 28.1 Å². The Hall–Kier alpha value is -1.94.